The third kappa shape index (κ3) is 2.85. The molecule has 1 fully saturated rings. The maximum Gasteiger partial charge on any atom is 0.259 e. The molecule has 0 amide bonds. The quantitative estimate of drug-likeness (QED) is 0.798. The van der Waals surface area contributed by atoms with Gasteiger partial charge in [-0.2, -0.15) is 9.40 Å². The molecule has 1 aliphatic heterocycles. The van der Waals surface area contributed by atoms with Gasteiger partial charge in [0.1, 0.15) is 0 Å². The number of aromatic amines is 1. The van der Waals surface area contributed by atoms with Gasteiger partial charge in [-0.25, -0.2) is 8.42 Å². The van der Waals surface area contributed by atoms with Gasteiger partial charge in [-0.1, -0.05) is 0 Å². The second-order valence-electron chi connectivity index (χ2n) is 4.40. The van der Waals surface area contributed by atoms with Crippen LogP contribution in [0.1, 0.15) is 12.8 Å². The van der Waals surface area contributed by atoms with Crippen molar-refractivity contribution in [1.82, 2.24) is 19.8 Å². The predicted molar refractivity (Wildman–Crippen MR) is 64.0 cm³/mol. The number of piperidine rings is 1. The Kier molecular flexibility index (Phi) is 3.80. The van der Waals surface area contributed by atoms with Gasteiger partial charge in [0.05, 0.1) is 6.20 Å². The van der Waals surface area contributed by atoms with E-state index in [-0.39, 0.29) is 5.03 Å². The van der Waals surface area contributed by atoms with E-state index in [1.165, 1.54) is 16.6 Å². The van der Waals surface area contributed by atoms with Gasteiger partial charge >= 0.3 is 0 Å². The molecule has 1 saturated heterocycles. The highest BCUT2D eigenvalue weighted by atomic mass is 32.2. The van der Waals surface area contributed by atoms with E-state index in [4.69, 9.17) is 0 Å². The zero-order chi connectivity index (χ0) is 12.3. The van der Waals surface area contributed by atoms with Gasteiger partial charge in [0.25, 0.3) is 10.0 Å². The van der Waals surface area contributed by atoms with E-state index in [2.05, 4.69) is 15.5 Å². The molecule has 1 aromatic heterocycles. The topological polar surface area (TPSA) is 78.1 Å². The fourth-order valence-corrected chi connectivity index (χ4v) is 3.22. The van der Waals surface area contributed by atoms with Crippen molar-refractivity contribution in [1.29, 1.82) is 0 Å². The summed E-state index contributed by atoms with van der Waals surface area (Å²) in [4.78, 5) is 0. The fourth-order valence-electron chi connectivity index (χ4n) is 2.08. The Hall–Kier alpha value is -0.920. The zero-order valence-corrected chi connectivity index (χ0v) is 10.7. The van der Waals surface area contributed by atoms with E-state index in [1.54, 1.807) is 7.05 Å². The van der Waals surface area contributed by atoms with Crippen LogP contribution in [0.25, 0.3) is 0 Å². The number of nitrogens with zero attached hydrogens (tertiary/aromatic N) is 2. The van der Waals surface area contributed by atoms with Crippen LogP contribution in [-0.4, -0.2) is 49.6 Å². The maximum absolute atomic E-state index is 12.1. The highest BCUT2D eigenvalue weighted by molar-refractivity contribution is 7.89. The Balaban J connectivity index is 2.01. The minimum atomic E-state index is -3.40. The van der Waals surface area contributed by atoms with Crippen molar-refractivity contribution in [2.45, 2.75) is 17.9 Å². The molecule has 0 bridgehead atoms. The molecule has 2 N–H and O–H groups in total. The van der Waals surface area contributed by atoms with E-state index in [0.29, 0.717) is 12.5 Å². The first kappa shape index (κ1) is 12.5. The maximum atomic E-state index is 12.1. The van der Waals surface area contributed by atoms with Crippen LogP contribution in [-0.2, 0) is 10.0 Å². The van der Waals surface area contributed by atoms with Crippen LogP contribution in [0.5, 0.6) is 0 Å². The molecule has 2 rings (SSSR count). The summed E-state index contributed by atoms with van der Waals surface area (Å²) in [6, 6.07) is 1.48. The molecule has 0 unspecified atom stereocenters. The summed E-state index contributed by atoms with van der Waals surface area (Å²) in [7, 11) is -1.78. The average Bonchev–Trinajstić information content (AvgIpc) is 2.84. The highest BCUT2D eigenvalue weighted by Gasteiger charge is 2.25. The Bertz CT molecular complexity index is 437. The van der Waals surface area contributed by atoms with Gasteiger partial charge in [0.15, 0.2) is 5.03 Å². The number of hydrogen-bond acceptors (Lipinski definition) is 4. The van der Waals surface area contributed by atoms with Crippen LogP contribution in [0.3, 0.4) is 0 Å². The SMILES string of the molecule is CN(CC1CCNCC1)S(=O)(=O)c1ccn[nH]1. The second kappa shape index (κ2) is 5.16. The van der Waals surface area contributed by atoms with Crippen molar-refractivity contribution >= 4 is 10.0 Å². The molecule has 0 aromatic carbocycles. The second-order valence-corrected chi connectivity index (χ2v) is 6.41. The van der Waals surface area contributed by atoms with Crippen molar-refractivity contribution in [3.8, 4) is 0 Å². The van der Waals surface area contributed by atoms with Crippen LogP contribution >= 0.6 is 0 Å². The van der Waals surface area contributed by atoms with Crippen molar-refractivity contribution in [2.75, 3.05) is 26.7 Å². The van der Waals surface area contributed by atoms with E-state index in [0.717, 1.165) is 25.9 Å². The lowest BCUT2D eigenvalue weighted by Crippen LogP contribution is -2.37. The number of nitrogens with one attached hydrogen (secondary N) is 2. The first-order valence-corrected chi connectivity index (χ1v) is 7.21. The van der Waals surface area contributed by atoms with Crippen molar-refractivity contribution in [2.24, 2.45) is 5.92 Å². The summed E-state index contributed by atoms with van der Waals surface area (Å²) in [5.41, 5.74) is 0. The summed E-state index contributed by atoms with van der Waals surface area (Å²) < 4.78 is 25.6. The summed E-state index contributed by atoms with van der Waals surface area (Å²) in [5, 5.41) is 9.61. The van der Waals surface area contributed by atoms with Crippen molar-refractivity contribution in [3.63, 3.8) is 0 Å². The van der Waals surface area contributed by atoms with Gasteiger partial charge in [-0.15, -0.1) is 0 Å². The average molecular weight is 258 g/mol. The first-order chi connectivity index (χ1) is 8.10. The van der Waals surface area contributed by atoms with E-state index < -0.39 is 10.0 Å². The molecule has 6 nitrogen and oxygen atoms in total. The predicted octanol–water partition coefficient (Wildman–Crippen LogP) is 0.0298. The number of aromatic nitrogens is 2. The third-order valence-corrected chi connectivity index (χ3v) is 4.89. The number of sulfonamides is 1. The van der Waals surface area contributed by atoms with Gasteiger partial charge in [-0.3, -0.25) is 5.10 Å². The minimum Gasteiger partial charge on any atom is -0.317 e. The van der Waals surface area contributed by atoms with E-state index in [1.807, 2.05) is 0 Å². The van der Waals surface area contributed by atoms with Crippen LogP contribution < -0.4 is 5.32 Å². The van der Waals surface area contributed by atoms with Gasteiger partial charge in [-0.05, 0) is 37.9 Å². The van der Waals surface area contributed by atoms with Crippen molar-refractivity contribution in [3.05, 3.63) is 12.3 Å². The van der Waals surface area contributed by atoms with E-state index in [9.17, 15) is 8.42 Å². The van der Waals surface area contributed by atoms with Crippen molar-refractivity contribution < 1.29 is 8.42 Å². The van der Waals surface area contributed by atoms with E-state index >= 15 is 0 Å². The molecular formula is C10H18N4O2S. The molecular weight excluding hydrogens is 240 g/mol. The lowest BCUT2D eigenvalue weighted by molar-refractivity contribution is 0.310. The lowest BCUT2D eigenvalue weighted by Gasteiger charge is -2.26. The summed E-state index contributed by atoms with van der Waals surface area (Å²) in [6.07, 6.45) is 3.51. The Labute approximate surface area is 101 Å². The number of H-pyrrole nitrogens is 1. The summed E-state index contributed by atoms with van der Waals surface area (Å²) >= 11 is 0. The Morgan fingerprint density at radius 2 is 2.18 bits per heavy atom. The summed E-state index contributed by atoms with van der Waals surface area (Å²) in [6.45, 7) is 2.52. The van der Waals surface area contributed by atoms with Crippen LogP contribution in [0.2, 0.25) is 0 Å². The molecule has 0 saturated carbocycles. The Morgan fingerprint density at radius 1 is 1.47 bits per heavy atom. The molecule has 2 heterocycles. The van der Waals surface area contributed by atoms with Crippen LogP contribution in [0, 0.1) is 5.92 Å². The largest absolute Gasteiger partial charge is 0.317 e. The smallest absolute Gasteiger partial charge is 0.259 e. The molecule has 96 valence electrons. The molecule has 0 aliphatic carbocycles. The molecule has 0 spiro atoms. The molecule has 0 radical (unpaired) electrons. The molecule has 0 atom stereocenters. The highest BCUT2D eigenvalue weighted by Crippen LogP contribution is 2.17. The van der Waals surface area contributed by atoms with Crippen LogP contribution in [0.4, 0.5) is 0 Å². The minimum absolute atomic E-state index is 0.161. The molecule has 1 aliphatic rings. The Morgan fingerprint density at radius 3 is 2.76 bits per heavy atom. The number of rotatable bonds is 4. The zero-order valence-electron chi connectivity index (χ0n) is 9.89. The normalized spacial score (nSPS) is 18.7. The van der Waals surface area contributed by atoms with Crippen LogP contribution in [0.15, 0.2) is 17.3 Å². The standard InChI is InChI=1S/C10H18N4O2S/c1-14(8-9-2-5-11-6-3-9)17(15,16)10-4-7-12-13-10/h4,7,9,11H,2-3,5-6,8H2,1H3,(H,12,13). The monoisotopic (exact) mass is 258 g/mol. The molecule has 1 aromatic rings. The molecule has 17 heavy (non-hydrogen) atoms. The third-order valence-electron chi connectivity index (χ3n) is 3.14. The fraction of sp³-hybridized carbons (Fsp3) is 0.700. The first-order valence-electron chi connectivity index (χ1n) is 5.77. The number of hydrogen-bond donors (Lipinski definition) is 2. The van der Waals surface area contributed by atoms with Gasteiger partial charge < -0.3 is 5.32 Å². The lowest BCUT2D eigenvalue weighted by atomic mass is 9.98. The van der Waals surface area contributed by atoms with Gasteiger partial charge in [0.2, 0.25) is 0 Å². The van der Waals surface area contributed by atoms with Gasteiger partial charge in [0, 0.05) is 13.6 Å². The summed E-state index contributed by atoms with van der Waals surface area (Å²) in [5.74, 6) is 0.443. The molecule has 7 heteroatoms.